The molecule has 0 atom stereocenters. The normalized spacial score (nSPS) is 11.0. The fourth-order valence-electron chi connectivity index (χ4n) is 2.00. The first-order chi connectivity index (χ1) is 9.04. The Bertz CT molecular complexity index is 593. The quantitative estimate of drug-likeness (QED) is 0.909. The fourth-order valence-corrected chi connectivity index (χ4v) is 2.42. The summed E-state index contributed by atoms with van der Waals surface area (Å²) in [6.45, 7) is 7.86. The topological polar surface area (TPSA) is 29.9 Å². The van der Waals surface area contributed by atoms with Gasteiger partial charge < -0.3 is 5.32 Å². The van der Waals surface area contributed by atoms with Gasteiger partial charge in [-0.2, -0.15) is 5.10 Å². The summed E-state index contributed by atoms with van der Waals surface area (Å²) in [6.07, 6.45) is 0. The summed E-state index contributed by atoms with van der Waals surface area (Å²) < 4.78 is 2.99. The molecule has 1 aromatic carbocycles. The second-order valence-corrected chi connectivity index (χ2v) is 5.68. The van der Waals surface area contributed by atoms with E-state index in [2.05, 4.69) is 33.3 Å². The molecule has 2 rings (SSSR count). The van der Waals surface area contributed by atoms with Crippen LogP contribution >= 0.6 is 27.5 Å². The number of rotatable bonds is 4. The van der Waals surface area contributed by atoms with Gasteiger partial charge in [0.15, 0.2) is 0 Å². The van der Waals surface area contributed by atoms with Crippen LogP contribution < -0.4 is 5.32 Å². The van der Waals surface area contributed by atoms with E-state index in [-0.39, 0.29) is 0 Å². The first kappa shape index (κ1) is 14.6. The van der Waals surface area contributed by atoms with E-state index in [0.29, 0.717) is 0 Å². The number of nitrogens with one attached hydrogen (secondary N) is 1. The summed E-state index contributed by atoms with van der Waals surface area (Å²) in [5.74, 6) is 0. The van der Waals surface area contributed by atoms with Crippen LogP contribution in [0.1, 0.15) is 23.9 Å². The highest BCUT2D eigenvalue weighted by Crippen LogP contribution is 2.26. The van der Waals surface area contributed by atoms with Gasteiger partial charge in [-0.25, -0.2) is 4.68 Å². The molecule has 0 fully saturated rings. The van der Waals surface area contributed by atoms with Gasteiger partial charge in [0.25, 0.3) is 0 Å². The Morgan fingerprint density at radius 2 is 2.11 bits per heavy atom. The number of aryl methyl sites for hydroxylation is 1. The number of hydrogen-bond donors (Lipinski definition) is 1. The first-order valence-corrected chi connectivity index (χ1v) is 7.43. The minimum Gasteiger partial charge on any atom is -0.313 e. The maximum Gasteiger partial charge on any atom is 0.0743 e. The summed E-state index contributed by atoms with van der Waals surface area (Å²) in [6, 6.07) is 5.92. The van der Waals surface area contributed by atoms with Gasteiger partial charge in [0.1, 0.15) is 0 Å². The lowest BCUT2D eigenvalue weighted by Gasteiger charge is -2.12. The van der Waals surface area contributed by atoms with Crippen LogP contribution in [-0.2, 0) is 6.54 Å². The Hall–Kier alpha value is -0.840. The van der Waals surface area contributed by atoms with Crippen LogP contribution in [0.2, 0.25) is 5.02 Å². The summed E-state index contributed by atoms with van der Waals surface area (Å²) >= 11 is 9.69. The van der Waals surface area contributed by atoms with Crippen LogP contribution in [0, 0.1) is 13.8 Å². The molecule has 0 saturated heterocycles. The number of aromatic nitrogens is 2. The molecule has 0 aliphatic carbocycles. The molecule has 0 aliphatic rings. The van der Waals surface area contributed by atoms with Gasteiger partial charge in [0.05, 0.1) is 21.5 Å². The van der Waals surface area contributed by atoms with Crippen molar-refractivity contribution in [1.29, 1.82) is 0 Å². The van der Waals surface area contributed by atoms with Gasteiger partial charge in [-0.3, -0.25) is 0 Å². The third-order valence-electron chi connectivity index (χ3n) is 3.04. The predicted octanol–water partition coefficient (Wildman–Crippen LogP) is 4.01. The number of halogens is 2. The monoisotopic (exact) mass is 341 g/mol. The smallest absolute Gasteiger partial charge is 0.0743 e. The molecule has 0 radical (unpaired) electrons. The van der Waals surface area contributed by atoms with Crippen molar-refractivity contribution in [1.82, 2.24) is 15.1 Å². The van der Waals surface area contributed by atoms with E-state index >= 15 is 0 Å². The van der Waals surface area contributed by atoms with E-state index in [1.54, 1.807) is 0 Å². The molecule has 1 heterocycles. The molecule has 5 heteroatoms. The van der Waals surface area contributed by atoms with Gasteiger partial charge >= 0.3 is 0 Å². The molecular weight excluding hydrogens is 326 g/mol. The molecule has 3 nitrogen and oxygen atoms in total. The molecule has 1 aromatic heterocycles. The van der Waals surface area contributed by atoms with Crippen LogP contribution in [0.15, 0.2) is 22.7 Å². The lowest BCUT2D eigenvalue weighted by molar-refractivity contribution is 0.713. The van der Waals surface area contributed by atoms with Gasteiger partial charge in [-0.1, -0.05) is 24.6 Å². The Balaban J connectivity index is 2.52. The Labute approximate surface area is 127 Å². The summed E-state index contributed by atoms with van der Waals surface area (Å²) in [5.41, 5.74) is 4.27. The van der Waals surface area contributed by atoms with E-state index in [1.807, 2.05) is 36.7 Å². The number of nitrogens with zero attached hydrogens (tertiary/aromatic N) is 2. The van der Waals surface area contributed by atoms with Gasteiger partial charge in [0, 0.05) is 11.6 Å². The van der Waals surface area contributed by atoms with E-state index < -0.39 is 0 Å². The van der Waals surface area contributed by atoms with Crippen LogP contribution in [0.3, 0.4) is 0 Å². The minimum atomic E-state index is 0.721. The maximum atomic E-state index is 6.13. The molecule has 0 aliphatic heterocycles. The lowest BCUT2D eigenvalue weighted by atomic mass is 10.1. The highest BCUT2D eigenvalue weighted by molar-refractivity contribution is 9.10. The second kappa shape index (κ2) is 6.07. The molecule has 0 spiro atoms. The van der Waals surface area contributed by atoms with E-state index in [1.165, 1.54) is 5.56 Å². The average molecular weight is 343 g/mol. The molecule has 1 N–H and O–H groups in total. The number of benzene rings is 1. The van der Waals surface area contributed by atoms with Gasteiger partial charge in [-0.15, -0.1) is 0 Å². The Morgan fingerprint density at radius 1 is 1.37 bits per heavy atom. The highest BCUT2D eigenvalue weighted by atomic mass is 79.9. The average Bonchev–Trinajstić information content (AvgIpc) is 2.65. The molecule has 0 saturated carbocycles. The SMILES string of the molecule is CCNCc1ccc(Cl)cc1-n1nc(C)c(Br)c1C. The van der Waals surface area contributed by atoms with Crippen molar-refractivity contribution in [3.05, 3.63) is 44.6 Å². The zero-order valence-electron chi connectivity index (χ0n) is 11.3. The van der Waals surface area contributed by atoms with Crippen molar-refractivity contribution >= 4 is 27.5 Å². The van der Waals surface area contributed by atoms with Crippen LogP contribution in [0.25, 0.3) is 5.69 Å². The summed E-state index contributed by atoms with van der Waals surface area (Å²) in [5, 5.41) is 8.63. The van der Waals surface area contributed by atoms with Crippen LogP contribution in [0.4, 0.5) is 0 Å². The molecule has 102 valence electrons. The first-order valence-electron chi connectivity index (χ1n) is 6.25. The molecule has 2 aromatic rings. The van der Waals surface area contributed by atoms with E-state index in [0.717, 1.165) is 39.7 Å². The number of hydrogen-bond acceptors (Lipinski definition) is 2. The van der Waals surface area contributed by atoms with Crippen molar-refractivity contribution in [3.8, 4) is 5.69 Å². The zero-order chi connectivity index (χ0) is 14.0. The molecule has 0 unspecified atom stereocenters. The van der Waals surface area contributed by atoms with Crippen molar-refractivity contribution in [2.75, 3.05) is 6.54 Å². The Kier molecular flexibility index (Phi) is 4.66. The second-order valence-electron chi connectivity index (χ2n) is 4.45. The zero-order valence-corrected chi connectivity index (χ0v) is 13.6. The van der Waals surface area contributed by atoms with Gasteiger partial charge in [-0.05, 0) is 54.0 Å². The minimum absolute atomic E-state index is 0.721. The summed E-state index contributed by atoms with van der Waals surface area (Å²) in [4.78, 5) is 0. The highest BCUT2D eigenvalue weighted by Gasteiger charge is 2.13. The fraction of sp³-hybridized carbons (Fsp3) is 0.357. The van der Waals surface area contributed by atoms with Crippen molar-refractivity contribution in [2.24, 2.45) is 0 Å². The molecule has 0 amide bonds. The van der Waals surface area contributed by atoms with Gasteiger partial charge in [0.2, 0.25) is 0 Å². The largest absolute Gasteiger partial charge is 0.313 e. The third-order valence-corrected chi connectivity index (χ3v) is 4.43. The van der Waals surface area contributed by atoms with Crippen molar-refractivity contribution in [2.45, 2.75) is 27.3 Å². The molecule has 0 bridgehead atoms. The van der Waals surface area contributed by atoms with Crippen molar-refractivity contribution < 1.29 is 0 Å². The standard InChI is InChI=1S/C14H17BrClN3/c1-4-17-8-11-5-6-12(16)7-13(11)19-10(3)14(15)9(2)18-19/h5-7,17H,4,8H2,1-3H3. The third kappa shape index (κ3) is 3.02. The predicted molar refractivity (Wildman–Crippen MR) is 83.1 cm³/mol. The van der Waals surface area contributed by atoms with E-state index in [9.17, 15) is 0 Å². The van der Waals surface area contributed by atoms with Crippen molar-refractivity contribution in [3.63, 3.8) is 0 Å². The molecule has 19 heavy (non-hydrogen) atoms. The maximum absolute atomic E-state index is 6.13. The lowest BCUT2D eigenvalue weighted by Crippen LogP contribution is -2.14. The van der Waals surface area contributed by atoms with E-state index in [4.69, 9.17) is 11.6 Å². The summed E-state index contributed by atoms with van der Waals surface area (Å²) in [7, 11) is 0. The van der Waals surface area contributed by atoms with Crippen LogP contribution in [0.5, 0.6) is 0 Å². The molecular formula is C14H17BrClN3. The Morgan fingerprint density at radius 3 is 2.68 bits per heavy atom. The van der Waals surface area contributed by atoms with Crippen LogP contribution in [-0.4, -0.2) is 16.3 Å².